The zero-order valence-corrected chi connectivity index (χ0v) is 7.98. The van der Waals surface area contributed by atoms with E-state index in [-0.39, 0.29) is 0 Å². The third-order valence-corrected chi connectivity index (χ3v) is 2.31. The smallest absolute Gasteiger partial charge is 0.0885 e. The molecule has 0 aliphatic carbocycles. The minimum Gasteiger partial charge on any atom is -0.376 e. The molecule has 1 heterocycles. The Morgan fingerprint density at radius 2 is 2.67 bits per heavy atom. The molecule has 1 saturated heterocycles. The molecule has 54 valence electrons. The van der Waals surface area contributed by atoms with Gasteiger partial charge in [0, 0.05) is 27.8 Å². The molecule has 0 N–H and O–H groups in total. The second kappa shape index (κ2) is 4.76. The predicted molar refractivity (Wildman–Crippen MR) is 46.5 cm³/mol. The van der Waals surface area contributed by atoms with Gasteiger partial charge < -0.3 is 8.92 Å². The van der Waals surface area contributed by atoms with E-state index in [1.807, 2.05) is 0 Å². The SMILES string of the molecule is ISOCC1CCCO1. The zero-order valence-electron chi connectivity index (χ0n) is 5.01. The maximum Gasteiger partial charge on any atom is 0.0885 e. The summed E-state index contributed by atoms with van der Waals surface area (Å²) in [5.74, 6) is 0. The van der Waals surface area contributed by atoms with Gasteiger partial charge in [-0.2, -0.15) is 0 Å². The van der Waals surface area contributed by atoms with Gasteiger partial charge in [-0.15, -0.1) is 0 Å². The van der Waals surface area contributed by atoms with E-state index in [1.54, 1.807) is 0 Å². The van der Waals surface area contributed by atoms with Crippen LogP contribution in [0.4, 0.5) is 0 Å². The van der Waals surface area contributed by atoms with Crippen LogP contribution in [-0.2, 0) is 8.92 Å². The van der Waals surface area contributed by atoms with Crippen LogP contribution in [0.15, 0.2) is 0 Å². The van der Waals surface area contributed by atoms with Crippen molar-refractivity contribution in [3.8, 4) is 0 Å². The Morgan fingerprint density at radius 3 is 3.22 bits per heavy atom. The summed E-state index contributed by atoms with van der Waals surface area (Å²) in [6, 6.07) is 0. The second-order valence-corrected chi connectivity index (χ2v) is 3.42. The fourth-order valence-corrected chi connectivity index (χ4v) is 1.52. The molecule has 0 aromatic carbocycles. The van der Waals surface area contributed by atoms with Crippen molar-refractivity contribution in [3.05, 3.63) is 0 Å². The van der Waals surface area contributed by atoms with Crippen LogP contribution < -0.4 is 0 Å². The highest BCUT2D eigenvalue weighted by Gasteiger charge is 2.14. The Hall–Kier alpha value is 1.00. The van der Waals surface area contributed by atoms with Gasteiger partial charge in [-0.3, -0.25) is 0 Å². The third-order valence-electron chi connectivity index (χ3n) is 1.32. The molecule has 4 heteroatoms. The van der Waals surface area contributed by atoms with Crippen molar-refractivity contribution in [1.82, 2.24) is 0 Å². The van der Waals surface area contributed by atoms with Crippen LogP contribution in [0.1, 0.15) is 12.8 Å². The molecule has 1 fully saturated rings. The van der Waals surface area contributed by atoms with Gasteiger partial charge in [0.25, 0.3) is 0 Å². The Kier molecular flexibility index (Phi) is 4.28. The highest BCUT2D eigenvalue weighted by atomic mass is 127. The molecule has 1 atom stereocenters. The summed E-state index contributed by atoms with van der Waals surface area (Å²) < 4.78 is 10.4. The number of halogens is 1. The monoisotopic (exact) mass is 260 g/mol. The Labute approximate surface area is 71.5 Å². The van der Waals surface area contributed by atoms with Crippen molar-refractivity contribution in [1.29, 1.82) is 0 Å². The quantitative estimate of drug-likeness (QED) is 0.572. The number of ether oxygens (including phenoxy) is 1. The van der Waals surface area contributed by atoms with Crippen LogP contribution in [0.3, 0.4) is 0 Å². The summed E-state index contributed by atoms with van der Waals surface area (Å²) in [6.07, 6.45) is 2.73. The maximum atomic E-state index is 5.31. The van der Waals surface area contributed by atoms with E-state index in [2.05, 4.69) is 21.2 Å². The summed E-state index contributed by atoms with van der Waals surface area (Å²) in [7, 11) is 1.38. The van der Waals surface area contributed by atoms with E-state index in [0.717, 1.165) is 19.6 Å². The van der Waals surface area contributed by atoms with Gasteiger partial charge in [-0.05, 0) is 12.8 Å². The molecule has 0 amide bonds. The van der Waals surface area contributed by atoms with Gasteiger partial charge in [0.1, 0.15) is 0 Å². The lowest BCUT2D eigenvalue weighted by molar-refractivity contribution is 0.0758. The molecule has 1 rings (SSSR count). The Bertz CT molecular complexity index is 75.4. The molecule has 0 saturated carbocycles. The summed E-state index contributed by atoms with van der Waals surface area (Å²) in [4.78, 5) is 0. The second-order valence-electron chi connectivity index (χ2n) is 1.98. The first-order valence-corrected chi connectivity index (χ1v) is 6.23. The van der Waals surface area contributed by atoms with Crippen molar-refractivity contribution in [2.45, 2.75) is 18.9 Å². The standard InChI is InChI=1S/C5H9IO2S/c6-9-8-4-5-2-1-3-7-5/h5H,1-4H2. The first-order valence-electron chi connectivity index (χ1n) is 2.95. The van der Waals surface area contributed by atoms with Crippen molar-refractivity contribution in [2.24, 2.45) is 0 Å². The molecule has 0 aromatic rings. The third kappa shape index (κ3) is 3.06. The lowest BCUT2D eigenvalue weighted by Gasteiger charge is -2.05. The highest BCUT2D eigenvalue weighted by Crippen LogP contribution is 2.17. The van der Waals surface area contributed by atoms with Crippen molar-refractivity contribution >= 4 is 30.4 Å². The maximum absolute atomic E-state index is 5.31. The molecule has 9 heavy (non-hydrogen) atoms. The van der Waals surface area contributed by atoms with E-state index in [0.29, 0.717) is 6.10 Å². The molecule has 1 unspecified atom stereocenters. The fourth-order valence-electron chi connectivity index (χ4n) is 0.877. The molecule has 1 aliphatic rings. The number of rotatable bonds is 3. The van der Waals surface area contributed by atoms with Crippen molar-refractivity contribution in [3.63, 3.8) is 0 Å². The van der Waals surface area contributed by atoms with Crippen LogP contribution in [0, 0.1) is 0 Å². The topological polar surface area (TPSA) is 18.5 Å². The summed E-state index contributed by atoms with van der Waals surface area (Å²) >= 11 is 2.11. The lowest BCUT2D eigenvalue weighted by atomic mass is 10.2. The minimum atomic E-state index is 0.368. The van der Waals surface area contributed by atoms with Gasteiger partial charge in [0.15, 0.2) is 0 Å². The first kappa shape index (κ1) is 8.10. The molecule has 0 radical (unpaired) electrons. The zero-order chi connectivity index (χ0) is 6.53. The van der Waals surface area contributed by atoms with Crippen molar-refractivity contribution < 1.29 is 8.92 Å². The van der Waals surface area contributed by atoms with Gasteiger partial charge in [-0.25, -0.2) is 0 Å². The van der Waals surface area contributed by atoms with Gasteiger partial charge >= 0.3 is 0 Å². The van der Waals surface area contributed by atoms with Crippen LogP contribution in [-0.4, -0.2) is 19.3 Å². The molecule has 2 nitrogen and oxygen atoms in total. The average Bonchev–Trinajstić information content (AvgIpc) is 2.34. The van der Waals surface area contributed by atoms with E-state index in [1.165, 1.54) is 15.6 Å². The van der Waals surface area contributed by atoms with Crippen LogP contribution in [0.25, 0.3) is 0 Å². The lowest BCUT2D eigenvalue weighted by Crippen LogP contribution is -2.10. The van der Waals surface area contributed by atoms with Crippen molar-refractivity contribution in [2.75, 3.05) is 13.2 Å². The highest BCUT2D eigenvalue weighted by molar-refractivity contribution is 14.2. The summed E-state index contributed by atoms with van der Waals surface area (Å²) in [5.41, 5.74) is 0. The Balaban J connectivity index is 1.98. The summed E-state index contributed by atoms with van der Waals surface area (Å²) in [6.45, 7) is 1.66. The Morgan fingerprint density at radius 1 is 1.78 bits per heavy atom. The fraction of sp³-hybridized carbons (Fsp3) is 1.00. The number of hydrogen-bond acceptors (Lipinski definition) is 3. The van der Waals surface area contributed by atoms with Crippen LogP contribution in [0.5, 0.6) is 0 Å². The predicted octanol–water partition coefficient (Wildman–Crippen LogP) is 2.18. The molecule has 0 spiro atoms. The van der Waals surface area contributed by atoms with E-state index < -0.39 is 0 Å². The molecule has 0 bridgehead atoms. The van der Waals surface area contributed by atoms with E-state index in [4.69, 9.17) is 8.92 Å². The largest absolute Gasteiger partial charge is 0.376 e. The normalized spacial score (nSPS) is 27.0. The van der Waals surface area contributed by atoms with E-state index >= 15 is 0 Å². The van der Waals surface area contributed by atoms with E-state index in [9.17, 15) is 0 Å². The van der Waals surface area contributed by atoms with Gasteiger partial charge in [-0.1, -0.05) is 0 Å². The first-order chi connectivity index (χ1) is 4.43. The number of hydrogen-bond donors (Lipinski definition) is 0. The minimum absolute atomic E-state index is 0.368. The summed E-state index contributed by atoms with van der Waals surface area (Å²) in [5, 5.41) is 0. The molecule has 1 aliphatic heterocycles. The van der Waals surface area contributed by atoms with Gasteiger partial charge in [0.05, 0.1) is 21.9 Å². The molecule has 0 aromatic heterocycles. The molecular weight excluding hydrogens is 251 g/mol. The average molecular weight is 260 g/mol. The van der Waals surface area contributed by atoms with Crippen LogP contribution >= 0.6 is 30.4 Å². The van der Waals surface area contributed by atoms with Crippen LogP contribution in [0.2, 0.25) is 0 Å². The molecular formula is C5H9IO2S. The van der Waals surface area contributed by atoms with Gasteiger partial charge in [0.2, 0.25) is 0 Å².